The van der Waals surface area contributed by atoms with Crippen LogP contribution < -0.4 is 9.62 Å². The molecular formula is C20H25FN2O3S. The third-order valence-corrected chi connectivity index (χ3v) is 5.40. The Kier molecular flexibility index (Phi) is 6.96. The Morgan fingerprint density at radius 2 is 1.85 bits per heavy atom. The predicted octanol–water partition coefficient (Wildman–Crippen LogP) is 3.56. The van der Waals surface area contributed by atoms with Crippen molar-refractivity contribution in [2.45, 2.75) is 32.7 Å². The lowest BCUT2D eigenvalue weighted by atomic mass is 10.1. The number of sulfonamides is 1. The number of nitrogens with one attached hydrogen (secondary N) is 1. The maximum atomic E-state index is 13.0. The molecule has 146 valence electrons. The summed E-state index contributed by atoms with van der Waals surface area (Å²) in [7, 11) is -3.44. The zero-order chi connectivity index (χ0) is 20.0. The first kappa shape index (κ1) is 20.9. The van der Waals surface area contributed by atoms with E-state index in [0.717, 1.165) is 17.4 Å². The van der Waals surface area contributed by atoms with Crippen LogP contribution in [0.15, 0.2) is 48.5 Å². The number of aryl methyl sites for hydroxylation is 1. The molecule has 0 spiro atoms. The zero-order valence-electron chi connectivity index (χ0n) is 15.8. The van der Waals surface area contributed by atoms with Crippen molar-refractivity contribution in [1.29, 1.82) is 0 Å². The van der Waals surface area contributed by atoms with Crippen LogP contribution in [0.5, 0.6) is 0 Å². The summed E-state index contributed by atoms with van der Waals surface area (Å²) in [6.45, 7) is 3.94. The molecule has 1 amide bonds. The number of benzene rings is 2. The fourth-order valence-electron chi connectivity index (χ4n) is 2.80. The molecule has 1 atom stereocenters. The molecule has 0 radical (unpaired) electrons. The van der Waals surface area contributed by atoms with Crippen molar-refractivity contribution in [3.05, 3.63) is 65.5 Å². The summed E-state index contributed by atoms with van der Waals surface area (Å²) in [5.74, 6) is -0.501. The SMILES string of the molecule is Cc1cccc(N(CCCC(=O)N[C@H](C)c2ccc(F)cc2)S(C)(=O)=O)c1. The number of halogens is 1. The van der Waals surface area contributed by atoms with Gasteiger partial charge >= 0.3 is 0 Å². The average molecular weight is 392 g/mol. The first-order chi connectivity index (χ1) is 12.7. The molecule has 0 bridgehead atoms. The van der Waals surface area contributed by atoms with E-state index < -0.39 is 10.0 Å². The molecule has 0 aliphatic heterocycles. The highest BCUT2D eigenvalue weighted by molar-refractivity contribution is 7.92. The van der Waals surface area contributed by atoms with E-state index >= 15 is 0 Å². The molecule has 0 saturated heterocycles. The molecule has 0 saturated carbocycles. The van der Waals surface area contributed by atoms with Gasteiger partial charge in [0.15, 0.2) is 0 Å². The van der Waals surface area contributed by atoms with Crippen LogP contribution in [0.4, 0.5) is 10.1 Å². The smallest absolute Gasteiger partial charge is 0.232 e. The third-order valence-electron chi connectivity index (χ3n) is 4.20. The Labute approximate surface area is 160 Å². The second kappa shape index (κ2) is 8.99. The summed E-state index contributed by atoms with van der Waals surface area (Å²) < 4.78 is 38.5. The van der Waals surface area contributed by atoms with Crippen molar-refractivity contribution in [1.82, 2.24) is 5.32 Å². The number of amides is 1. The summed E-state index contributed by atoms with van der Waals surface area (Å²) in [4.78, 5) is 12.2. The van der Waals surface area contributed by atoms with Crippen LogP contribution in [0.3, 0.4) is 0 Å². The number of anilines is 1. The molecule has 0 aliphatic carbocycles. The summed E-state index contributed by atoms with van der Waals surface area (Å²) in [6, 6.07) is 13.0. The van der Waals surface area contributed by atoms with Crippen molar-refractivity contribution < 1.29 is 17.6 Å². The Morgan fingerprint density at radius 1 is 1.19 bits per heavy atom. The number of hydrogen-bond donors (Lipinski definition) is 1. The average Bonchev–Trinajstić information content (AvgIpc) is 2.58. The van der Waals surface area contributed by atoms with Gasteiger partial charge < -0.3 is 5.32 Å². The highest BCUT2D eigenvalue weighted by atomic mass is 32.2. The Hall–Kier alpha value is -2.41. The molecule has 1 N–H and O–H groups in total. The minimum absolute atomic E-state index is 0.176. The molecule has 7 heteroatoms. The zero-order valence-corrected chi connectivity index (χ0v) is 16.6. The van der Waals surface area contributed by atoms with Crippen molar-refractivity contribution in [2.24, 2.45) is 0 Å². The van der Waals surface area contributed by atoms with Crippen molar-refractivity contribution in [3.63, 3.8) is 0 Å². The van der Waals surface area contributed by atoms with Crippen molar-refractivity contribution >= 4 is 21.6 Å². The second-order valence-electron chi connectivity index (χ2n) is 6.62. The molecule has 0 aromatic heterocycles. The minimum Gasteiger partial charge on any atom is -0.350 e. The second-order valence-corrected chi connectivity index (χ2v) is 8.53. The summed E-state index contributed by atoms with van der Waals surface area (Å²) in [5, 5.41) is 2.85. The van der Waals surface area contributed by atoms with Gasteiger partial charge in [-0.25, -0.2) is 12.8 Å². The van der Waals surface area contributed by atoms with E-state index in [2.05, 4.69) is 5.32 Å². The standard InChI is InChI=1S/C20H25FN2O3S/c1-15-6-4-7-19(14-15)23(27(3,25)26)13-5-8-20(24)22-16(2)17-9-11-18(21)12-10-17/h4,6-7,9-12,14,16H,5,8,13H2,1-3H3,(H,22,24)/t16-/m1/s1. The molecule has 5 nitrogen and oxygen atoms in total. The lowest BCUT2D eigenvalue weighted by Crippen LogP contribution is -2.32. The van der Waals surface area contributed by atoms with Crippen LogP contribution in [0.2, 0.25) is 0 Å². The summed E-state index contributed by atoms with van der Waals surface area (Å²) >= 11 is 0. The highest BCUT2D eigenvalue weighted by Gasteiger charge is 2.18. The van der Waals surface area contributed by atoms with Crippen molar-refractivity contribution in [2.75, 3.05) is 17.1 Å². The fourth-order valence-corrected chi connectivity index (χ4v) is 3.76. The molecule has 2 aromatic carbocycles. The number of rotatable bonds is 8. The monoisotopic (exact) mass is 392 g/mol. The number of carbonyl (C=O) groups is 1. The normalized spacial score (nSPS) is 12.4. The van der Waals surface area contributed by atoms with Crippen LogP contribution >= 0.6 is 0 Å². The van der Waals surface area contributed by atoms with Gasteiger partial charge in [-0.05, 0) is 55.7 Å². The van der Waals surface area contributed by atoms with Crippen LogP contribution in [0.25, 0.3) is 0 Å². The molecule has 0 fully saturated rings. The van der Waals surface area contributed by atoms with E-state index in [4.69, 9.17) is 0 Å². The lowest BCUT2D eigenvalue weighted by Gasteiger charge is -2.23. The van der Waals surface area contributed by atoms with E-state index in [1.165, 1.54) is 16.4 Å². The quantitative estimate of drug-likeness (QED) is 0.747. The maximum Gasteiger partial charge on any atom is 0.232 e. The minimum atomic E-state index is -3.44. The van der Waals surface area contributed by atoms with Gasteiger partial charge in [-0.1, -0.05) is 24.3 Å². The Balaban J connectivity index is 1.92. The van der Waals surface area contributed by atoms with E-state index in [-0.39, 0.29) is 30.7 Å². The fraction of sp³-hybridized carbons (Fsp3) is 0.350. The van der Waals surface area contributed by atoms with Gasteiger partial charge in [0, 0.05) is 13.0 Å². The Bertz CT molecular complexity index is 882. The number of nitrogens with zero attached hydrogens (tertiary/aromatic N) is 1. The van der Waals surface area contributed by atoms with Gasteiger partial charge in [-0.3, -0.25) is 9.10 Å². The van der Waals surface area contributed by atoms with Gasteiger partial charge in [0.25, 0.3) is 0 Å². The van der Waals surface area contributed by atoms with Gasteiger partial charge in [-0.15, -0.1) is 0 Å². The van der Waals surface area contributed by atoms with Gasteiger partial charge in [0.2, 0.25) is 15.9 Å². The molecule has 0 aliphatic rings. The van der Waals surface area contributed by atoms with E-state index in [9.17, 15) is 17.6 Å². The molecule has 2 aromatic rings. The van der Waals surface area contributed by atoms with Crippen molar-refractivity contribution in [3.8, 4) is 0 Å². The topological polar surface area (TPSA) is 66.5 Å². The summed E-state index contributed by atoms with van der Waals surface area (Å²) in [6.07, 6.45) is 1.75. The molecular weight excluding hydrogens is 367 g/mol. The van der Waals surface area contributed by atoms with E-state index in [1.807, 2.05) is 19.9 Å². The third kappa shape index (κ3) is 6.36. The van der Waals surface area contributed by atoms with Gasteiger partial charge in [-0.2, -0.15) is 0 Å². The van der Waals surface area contributed by atoms with Gasteiger partial charge in [0.05, 0.1) is 18.0 Å². The van der Waals surface area contributed by atoms with E-state index in [1.54, 1.807) is 30.3 Å². The maximum absolute atomic E-state index is 13.0. The Morgan fingerprint density at radius 3 is 2.44 bits per heavy atom. The molecule has 2 rings (SSSR count). The van der Waals surface area contributed by atoms with Crippen LogP contribution in [0, 0.1) is 12.7 Å². The first-order valence-corrected chi connectivity index (χ1v) is 10.6. The summed E-state index contributed by atoms with van der Waals surface area (Å²) in [5.41, 5.74) is 2.37. The largest absolute Gasteiger partial charge is 0.350 e. The highest BCUT2D eigenvalue weighted by Crippen LogP contribution is 2.20. The first-order valence-electron chi connectivity index (χ1n) is 8.76. The van der Waals surface area contributed by atoms with Crippen LogP contribution in [-0.2, 0) is 14.8 Å². The molecule has 0 unspecified atom stereocenters. The van der Waals surface area contributed by atoms with E-state index in [0.29, 0.717) is 12.1 Å². The number of hydrogen-bond acceptors (Lipinski definition) is 3. The molecule has 0 heterocycles. The number of carbonyl (C=O) groups excluding carboxylic acids is 1. The van der Waals surface area contributed by atoms with Gasteiger partial charge in [0.1, 0.15) is 5.82 Å². The van der Waals surface area contributed by atoms with Crippen LogP contribution in [-0.4, -0.2) is 27.1 Å². The van der Waals surface area contributed by atoms with Crippen LogP contribution in [0.1, 0.15) is 36.9 Å². The molecule has 27 heavy (non-hydrogen) atoms. The lowest BCUT2D eigenvalue weighted by molar-refractivity contribution is -0.121. The predicted molar refractivity (Wildman–Crippen MR) is 106 cm³/mol.